The van der Waals surface area contributed by atoms with Crippen molar-refractivity contribution < 1.29 is 0 Å². The zero-order valence-electron chi connectivity index (χ0n) is 17.3. The molecule has 0 radical (unpaired) electrons. The lowest BCUT2D eigenvalue weighted by Gasteiger charge is -2.07. The van der Waals surface area contributed by atoms with Crippen molar-refractivity contribution in [2.45, 2.75) is 13.8 Å². The summed E-state index contributed by atoms with van der Waals surface area (Å²) in [6.07, 6.45) is 0. The average Bonchev–Trinajstić information content (AvgIpc) is 2.77. The summed E-state index contributed by atoms with van der Waals surface area (Å²) in [6, 6.07) is 23.1. The molecule has 0 aliphatic carbocycles. The largest absolute Gasteiger partial charge is 0.149 e. The molecule has 0 fully saturated rings. The maximum atomic E-state index is 6.46. The van der Waals surface area contributed by atoms with Gasteiger partial charge in [0.2, 0.25) is 0 Å². The fourth-order valence-electron chi connectivity index (χ4n) is 3.19. The second-order valence-electron chi connectivity index (χ2n) is 7.46. The Bertz CT molecular complexity index is 1240. The van der Waals surface area contributed by atoms with Crippen molar-refractivity contribution in [1.82, 2.24) is 0 Å². The van der Waals surface area contributed by atoms with Gasteiger partial charge >= 0.3 is 0 Å². The molecule has 0 heterocycles. The SMILES string of the molecule is Cc1ccc(-c2ccc(N=Nc3ccc(-c4ccc(C)c(Cl)c4)cc3Cl)c(Cl)c2)cc1Cl. The van der Waals surface area contributed by atoms with Gasteiger partial charge in [-0.1, -0.05) is 82.8 Å². The van der Waals surface area contributed by atoms with E-state index in [2.05, 4.69) is 10.2 Å². The van der Waals surface area contributed by atoms with Gasteiger partial charge in [0.15, 0.2) is 0 Å². The van der Waals surface area contributed by atoms with Gasteiger partial charge in [-0.05, 0) is 83.6 Å². The van der Waals surface area contributed by atoms with E-state index < -0.39 is 0 Å². The molecule has 0 aliphatic rings. The van der Waals surface area contributed by atoms with Crippen LogP contribution in [0.25, 0.3) is 22.3 Å². The smallest absolute Gasteiger partial charge is 0.104 e. The van der Waals surface area contributed by atoms with Crippen molar-refractivity contribution in [3.8, 4) is 22.3 Å². The zero-order valence-corrected chi connectivity index (χ0v) is 20.4. The third-order valence-corrected chi connectivity index (χ3v) is 6.59. The van der Waals surface area contributed by atoms with Crippen molar-refractivity contribution in [1.29, 1.82) is 0 Å². The van der Waals surface area contributed by atoms with Crippen molar-refractivity contribution in [3.63, 3.8) is 0 Å². The minimum atomic E-state index is 0.491. The number of hydrogen-bond acceptors (Lipinski definition) is 2. The van der Waals surface area contributed by atoms with Gasteiger partial charge in [0.25, 0.3) is 0 Å². The van der Waals surface area contributed by atoms with E-state index >= 15 is 0 Å². The first-order valence-corrected chi connectivity index (χ1v) is 11.4. The molecule has 0 N–H and O–H groups in total. The molecule has 0 saturated carbocycles. The molecule has 0 atom stereocenters. The quantitative estimate of drug-likeness (QED) is 0.249. The Kier molecular flexibility index (Phi) is 6.88. The van der Waals surface area contributed by atoms with Crippen LogP contribution in [0.3, 0.4) is 0 Å². The van der Waals surface area contributed by atoms with Crippen molar-refractivity contribution in [2.24, 2.45) is 10.2 Å². The highest BCUT2D eigenvalue weighted by Gasteiger charge is 2.08. The Labute approximate surface area is 207 Å². The lowest BCUT2D eigenvalue weighted by Crippen LogP contribution is -1.82. The molecule has 160 valence electrons. The molecule has 4 aromatic rings. The van der Waals surface area contributed by atoms with Crippen LogP contribution < -0.4 is 0 Å². The van der Waals surface area contributed by atoms with Crippen LogP contribution in [0.4, 0.5) is 11.4 Å². The summed E-state index contributed by atoms with van der Waals surface area (Å²) in [5.74, 6) is 0. The molecule has 0 aromatic heterocycles. The number of hydrogen-bond donors (Lipinski definition) is 0. The van der Waals surface area contributed by atoms with E-state index in [1.54, 1.807) is 0 Å². The maximum Gasteiger partial charge on any atom is 0.104 e. The van der Waals surface area contributed by atoms with E-state index in [-0.39, 0.29) is 0 Å². The van der Waals surface area contributed by atoms with E-state index in [0.717, 1.165) is 33.4 Å². The molecule has 4 aromatic carbocycles. The standard InChI is InChI=1S/C26H18Cl4N2/c1-15-3-5-17(11-21(15)27)19-7-9-25(23(29)13-19)31-32-26-10-8-20(14-24(26)30)18-6-4-16(2)22(28)12-18/h3-14H,1-2H3. The fraction of sp³-hybridized carbons (Fsp3) is 0.0769. The summed E-state index contributed by atoms with van der Waals surface area (Å²) in [5, 5.41) is 11.0. The molecule has 32 heavy (non-hydrogen) atoms. The zero-order chi connectivity index (χ0) is 22.8. The highest BCUT2D eigenvalue weighted by atomic mass is 35.5. The number of azo groups is 1. The van der Waals surface area contributed by atoms with Crippen molar-refractivity contribution >= 4 is 57.8 Å². The van der Waals surface area contributed by atoms with E-state index in [1.165, 1.54) is 0 Å². The van der Waals surface area contributed by atoms with Crippen molar-refractivity contribution in [3.05, 3.63) is 104 Å². The van der Waals surface area contributed by atoms with Crippen LogP contribution in [0, 0.1) is 13.8 Å². The summed E-state index contributed by atoms with van der Waals surface area (Å²) < 4.78 is 0. The van der Waals surface area contributed by atoms with Gasteiger partial charge in [-0.3, -0.25) is 0 Å². The second-order valence-corrected chi connectivity index (χ2v) is 9.09. The Morgan fingerprint density at radius 2 is 0.750 bits per heavy atom. The molecular weight excluding hydrogens is 482 g/mol. The number of benzene rings is 4. The first kappa shape index (κ1) is 22.8. The number of halogens is 4. The predicted octanol–water partition coefficient (Wildman–Crippen LogP) is 10.7. The molecule has 6 heteroatoms. The Morgan fingerprint density at radius 3 is 1.06 bits per heavy atom. The lowest BCUT2D eigenvalue weighted by atomic mass is 10.0. The number of rotatable bonds is 4. The highest BCUT2D eigenvalue weighted by Crippen LogP contribution is 2.36. The van der Waals surface area contributed by atoms with Gasteiger partial charge < -0.3 is 0 Å². The van der Waals surface area contributed by atoms with Crippen molar-refractivity contribution in [2.75, 3.05) is 0 Å². The van der Waals surface area contributed by atoms with Crippen LogP contribution in [0.1, 0.15) is 11.1 Å². The van der Waals surface area contributed by atoms with E-state index in [1.807, 2.05) is 86.6 Å². The molecule has 2 nitrogen and oxygen atoms in total. The molecule has 4 rings (SSSR count). The average molecular weight is 500 g/mol. The van der Waals surface area contributed by atoms with E-state index in [9.17, 15) is 0 Å². The molecule has 0 bridgehead atoms. The van der Waals surface area contributed by atoms with Crippen LogP contribution in [-0.2, 0) is 0 Å². The summed E-state index contributed by atoms with van der Waals surface area (Å²) in [5.41, 5.74) is 7.05. The van der Waals surface area contributed by atoms with E-state index in [4.69, 9.17) is 46.4 Å². The highest BCUT2D eigenvalue weighted by molar-refractivity contribution is 6.34. The first-order valence-electron chi connectivity index (χ1n) is 9.86. The van der Waals surface area contributed by atoms with Gasteiger partial charge in [0, 0.05) is 10.0 Å². The summed E-state index contributed by atoms with van der Waals surface area (Å²) >= 11 is 25.4. The topological polar surface area (TPSA) is 24.7 Å². The van der Waals surface area contributed by atoms with E-state index in [0.29, 0.717) is 31.5 Å². The summed E-state index contributed by atoms with van der Waals surface area (Å²) in [4.78, 5) is 0. The molecule has 0 amide bonds. The molecule has 0 spiro atoms. The minimum Gasteiger partial charge on any atom is -0.149 e. The number of aryl methyl sites for hydroxylation is 2. The molecule has 0 saturated heterocycles. The third-order valence-electron chi connectivity index (χ3n) is 5.17. The molecule has 0 aliphatic heterocycles. The Morgan fingerprint density at radius 1 is 0.438 bits per heavy atom. The fourth-order valence-corrected chi connectivity index (χ4v) is 3.99. The van der Waals surface area contributed by atoms with Gasteiger partial charge in [0.1, 0.15) is 11.4 Å². The molecule has 0 unspecified atom stereocenters. The lowest BCUT2D eigenvalue weighted by molar-refractivity contribution is 1.23. The maximum absolute atomic E-state index is 6.46. The van der Waals surface area contributed by atoms with Gasteiger partial charge in [-0.25, -0.2) is 0 Å². The summed E-state index contributed by atoms with van der Waals surface area (Å²) in [7, 11) is 0. The van der Waals surface area contributed by atoms with Crippen LogP contribution in [-0.4, -0.2) is 0 Å². The minimum absolute atomic E-state index is 0.491. The normalized spacial score (nSPS) is 11.3. The Balaban J connectivity index is 1.57. The predicted molar refractivity (Wildman–Crippen MR) is 137 cm³/mol. The van der Waals surface area contributed by atoms with Crippen LogP contribution in [0.2, 0.25) is 20.1 Å². The van der Waals surface area contributed by atoms with Crippen LogP contribution in [0.5, 0.6) is 0 Å². The number of nitrogens with zero attached hydrogens (tertiary/aromatic N) is 2. The van der Waals surface area contributed by atoms with Crippen LogP contribution in [0.15, 0.2) is 83.0 Å². The van der Waals surface area contributed by atoms with Gasteiger partial charge in [0.05, 0.1) is 10.0 Å². The summed E-state index contributed by atoms with van der Waals surface area (Å²) in [6.45, 7) is 3.94. The third kappa shape index (κ3) is 5.00. The van der Waals surface area contributed by atoms with Gasteiger partial charge in [-0.15, -0.1) is 10.2 Å². The Hall–Kier alpha value is -2.36. The van der Waals surface area contributed by atoms with Gasteiger partial charge in [-0.2, -0.15) is 0 Å². The molecular formula is C26H18Cl4N2. The monoisotopic (exact) mass is 498 g/mol. The van der Waals surface area contributed by atoms with Crippen LogP contribution >= 0.6 is 46.4 Å². The second kappa shape index (κ2) is 9.64. The first-order chi connectivity index (χ1) is 15.3.